The number of H-pyrrole nitrogens is 1. The molecule has 33 heavy (non-hydrogen) atoms. The Hall–Kier alpha value is -2.53. The van der Waals surface area contributed by atoms with E-state index in [0.29, 0.717) is 28.3 Å². The lowest BCUT2D eigenvalue weighted by Crippen LogP contribution is -2.38. The van der Waals surface area contributed by atoms with E-state index in [1.807, 2.05) is 6.26 Å². The first-order valence-electron chi connectivity index (χ1n) is 9.99. The number of aromatic nitrogens is 3. The van der Waals surface area contributed by atoms with E-state index in [4.69, 9.17) is 5.14 Å². The zero-order valence-corrected chi connectivity index (χ0v) is 19.1. The number of nitrogens with one attached hydrogen (secondary N) is 2. The van der Waals surface area contributed by atoms with E-state index < -0.39 is 40.1 Å². The fourth-order valence-electron chi connectivity index (χ4n) is 3.95. The van der Waals surface area contributed by atoms with Gasteiger partial charge < -0.3 is 15.2 Å². The second-order valence-electron chi connectivity index (χ2n) is 7.75. The SMILES string of the molecule is CSc1cccc(F)c1C#Cc1cnc2[nH]c([C@H]3C[C@H](CNS(N)(=O)=O)[C@@H](O)[C@H]3O)ncc1-2. The zero-order valence-electron chi connectivity index (χ0n) is 17.5. The number of hydrogen-bond acceptors (Lipinski definition) is 7. The van der Waals surface area contributed by atoms with E-state index in [-0.39, 0.29) is 13.0 Å². The van der Waals surface area contributed by atoms with Crippen molar-refractivity contribution in [3.05, 3.63) is 53.4 Å². The van der Waals surface area contributed by atoms with E-state index in [2.05, 4.69) is 31.5 Å². The number of nitrogens with zero attached hydrogens (tertiary/aromatic N) is 2. The molecule has 3 aliphatic rings. The highest BCUT2D eigenvalue weighted by atomic mass is 32.2. The van der Waals surface area contributed by atoms with Crippen LogP contribution in [0.1, 0.15) is 29.3 Å². The van der Waals surface area contributed by atoms with E-state index in [9.17, 15) is 23.0 Å². The Morgan fingerprint density at radius 3 is 2.79 bits per heavy atom. The zero-order chi connectivity index (χ0) is 23.8. The highest BCUT2D eigenvalue weighted by Crippen LogP contribution is 2.38. The molecule has 1 fully saturated rings. The van der Waals surface area contributed by atoms with Gasteiger partial charge in [0.25, 0.3) is 10.2 Å². The second-order valence-corrected chi connectivity index (χ2v) is 9.97. The van der Waals surface area contributed by atoms with Gasteiger partial charge in [-0.3, -0.25) is 0 Å². The summed E-state index contributed by atoms with van der Waals surface area (Å²) in [6, 6.07) is 4.80. The molecule has 0 unspecified atom stereocenters. The van der Waals surface area contributed by atoms with Crippen molar-refractivity contribution in [3.63, 3.8) is 0 Å². The summed E-state index contributed by atoms with van der Waals surface area (Å²) in [7, 11) is -3.91. The molecule has 2 aliphatic heterocycles. The van der Waals surface area contributed by atoms with Crippen LogP contribution in [-0.2, 0) is 10.2 Å². The second kappa shape index (κ2) is 9.38. The molecule has 4 rings (SSSR count). The number of hydrogen-bond donors (Lipinski definition) is 5. The molecular weight excluding hydrogens is 469 g/mol. The van der Waals surface area contributed by atoms with Crippen LogP contribution in [0.2, 0.25) is 0 Å². The first-order valence-corrected chi connectivity index (χ1v) is 12.8. The van der Waals surface area contributed by atoms with E-state index >= 15 is 0 Å². The maximum Gasteiger partial charge on any atom is 0.274 e. The molecule has 4 atom stereocenters. The van der Waals surface area contributed by atoms with Crippen molar-refractivity contribution in [2.45, 2.75) is 29.4 Å². The molecule has 1 aromatic rings. The Morgan fingerprint density at radius 1 is 1.27 bits per heavy atom. The van der Waals surface area contributed by atoms with Gasteiger partial charge in [0.15, 0.2) is 0 Å². The summed E-state index contributed by atoms with van der Waals surface area (Å²) in [4.78, 5) is 12.5. The maximum atomic E-state index is 14.2. The van der Waals surface area contributed by atoms with E-state index in [1.165, 1.54) is 17.8 Å². The van der Waals surface area contributed by atoms with Gasteiger partial charge in [0.05, 0.1) is 28.9 Å². The first kappa shape index (κ1) is 23.6. The molecule has 0 spiro atoms. The number of aromatic amines is 1. The molecule has 0 aromatic heterocycles. The van der Waals surface area contributed by atoms with Crippen LogP contribution in [0, 0.1) is 23.6 Å². The van der Waals surface area contributed by atoms with Gasteiger partial charge in [0.1, 0.15) is 17.5 Å². The number of thioether (sulfide) groups is 1. The Kier molecular flexibility index (Phi) is 6.71. The van der Waals surface area contributed by atoms with Crippen LogP contribution in [0.3, 0.4) is 0 Å². The summed E-state index contributed by atoms with van der Waals surface area (Å²) in [5.41, 5.74) is 1.52. The van der Waals surface area contributed by atoms with Crippen LogP contribution in [0.25, 0.3) is 11.4 Å². The number of nitrogens with two attached hydrogens (primary N) is 1. The van der Waals surface area contributed by atoms with Gasteiger partial charge in [0, 0.05) is 35.7 Å². The lowest BCUT2D eigenvalue weighted by atomic mass is 10.0. The van der Waals surface area contributed by atoms with Crippen LogP contribution in [0.15, 0.2) is 35.5 Å². The quantitative estimate of drug-likeness (QED) is 0.261. The lowest BCUT2D eigenvalue weighted by Gasteiger charge is -2.17. The van der Waals surface area contributed by atoms with Crippen LogP contribution in [-0.4, -0.2) is 58.6 Å². The van der Waals surface area contributed by atoms with Crippen molar-refractivity contribution in [3.8, 4) is 23.2 Å². The Balaban J connectivity index is 1.57. The summed E-state index contributed by atoms with van der Waals surface area (Å²) in [6.07, 6.45) is 2.97. The summed E-state index contributed by atoms with van der Waals surface area (Å²) in [5, 5.41) is 25.7. The normalized spacial score (nSPS) is 22.9. The Labute approximate surface area is 194 Å². The molecule has 0 bridgehead atoms. The summed E-state index contributed by atoms with van der Waals surface area (Å²) in [6.45, 7) is -0.0990. The third kappa shape index (κ3) is 5.03. The first-order chi connectivity index (χ1) is 15.7. The summed E-state index contributed by atoms with van der Waals surface area (Å²) < 4.78 is 38.6. The molecular formula is C21H22FN5O4S2. The number of aliphatic hydroxyl groups excluding tert-OH is 2. The average molecular weight is 492 g/mol. The fraction of sp³-hybridized carbons (Fsp3) is 0.333. The van der Waals surface area contributed by atoms with Crippen molar-refractivity contribution in [2.24, 2.45) is 11.1 Å². The highest BCUT2D eigenvalue weighted by molar-refractivity contribution is 7.98. The van der Waals surface area contributed by atoms with Crippen LogP contribution < -0.4 is 9.86 Å². The van der Waals surface area contributed by atoms with Crippen LogP contribution >= 0.6 is 11.8 Å². The van der Waals surface area contributed by atoms with Crippen molar-refractivity contribution >= 4 is 22.0 Å². The van der Waals surface area contributed by atoms with Gasteiger partial charge in [-0.25, -0.2) is 24.2 Å². The van der Waals surface area contributed by atoms with Crippen molar-refractivity contribution in [1.29, 1.82) is 0 Å². The third-order valence-electron chi connectivity index (χ3n) is 5.66. The summed E-state index contributed by atoms with van der Waals surface area (Å²) >= 11 is 1.41. The third-order valence-corrected chi connectivity index (χ3v) is 7.01. The predicted octanol–water partition coefficient (Wildman–Crippen LogP) is 0.789. The predicted molar refractivity (Wildman–Crippen MR) is 121 cm³/mol. The smallest absolute Gasteiger partial charge is 0.274 e. The van der Waals surface area contributed by atoms with E-state index in [0.717, 1.165) is 4.90 Å². The number of halogens is 1. The maximum absolute atomic E-state index is 14.2. The molecule has 9 nitrogen and oxygen atoms in total. The molecule has 1 aromatic carbocycles. The number of rotatable bonds is 5. The van der Waals surface area contributed by atoms with Gasteiger partial charge in [-0.1, -0.05) is 17.9 Å². The highest BCUT2D eigenvalue weighted by Gasteiger charge is 2.43. The molecule has 6 N–H and O–H groups in total. The molecule has 1 saturated carbocycles. The van der Waals surface area contributed by atoms with Crippen molar-refractivity contribution < 1.29 is 23.0 Å². The van der Waals surface area contributed by atoms with Gasteiger partial charge in [-0.2, -0.15) is 8.42 Å². The van der Waals surface area contributed by atoms with Gasteiger partial charge >= 0.3 is 0 Å². The minimum absolute atomic E-state index is 0.0990. The largest absolute Gasteiger partial charge is 0.390 e. The van der Waals surface area contributed by atoms with E-state index in [1.54, 1.807) is 24.5 Å². The minimum atomic E-state index is -3.91. The standard InChI is InChI=1S/C21H22FN5O4S2/c1-32-17-4-2-3-16(22)13(17)6-5-11-8-24-21-15(11)10-25-20(27-21)14-7-12(18(28)19(14)29)9-26-33(23,30)31/h2-4,8,10,12,14,18-19,26,28-29H,7,9H2,1H3,(H2,23,30,31)(H,24,25,27)/t12-,14+,18-,19+/m1/s1. The van der Waals surface area contributed by atoms with Gasteiger partial charge in [0.2, 0.25) is 0 Å². The summed E-state index contributed by atoms with van der Waals surface area (Å²) in [5.74, 6) is 5.23. The molecule has 2 heterocycles. The number of fused-ring (bicyclic) bond motifs is 1. The molecule has 12 heteroatoms. The molecule has 1 aliphatic carbocycles. The molecule has 174 valence electrons. The lowest BCUT2D eigenvalue weighted by molar-refractivity contribution is 0.0148. The molecule has 0 saturated heterocycles. The number of aliphatic hydroxyl groups is 2. The average Bonchev–Trinajstić information content (AvgIpc) is 3.31. The Bertz CT molecular complexity index is 1300. The minimum Gasteiger partial charge on any atom is -0.390 e. The topological polar surface area (TPSA) is 154 Å². The van der Waals surface area contributed by atoms with Crippen LogP contribution in [0.5, 0.6) is 0 Å². The van der Waals surface area contributed by atoms with Gasteiger partial charge in [-0.15, -0.1) is 11.8 Å². The van der Waals surface area contributed by atoms with Crippen molar-refractivity contribution in [2.75, 3.05) is 12.8 Å². The number of benzene rings is 1. The Morgan fingerprint density at radius 2 is 2.06 bits per heavy atom. The van der Waals surface area contributed by atoms with Gasteiger partial charge in [-0.05, 0) is 24.8 Å². The fourth-order valence-corrected chi connectivity index (χ4v) is 4.96. The molecule has 0 amide bonds. The van der Waals surface area contributed by atoms with Crippen LogP contribution in [0.4, 0.5) is 4.39 Å². The monoisotopic (exact) mass is 491 g/mol. The van der Waals surface area contributed by atoms with Crippen molar-refractivity contribution in [1.82, 2.24) is 19.7 Å². The molecule has 0 radical (unpaired) electrons.